The van der Waals surface area contributed by atoms with Crippen molar-refractivity contribution in [3.63, 3.8) is 0 Å². The van der Waals surface area contributed by atoms with Crippen LogP contribution < -0.4 is 0 Å². The molecule has 0 saturated carbocycles. The van der Waals surface area contributed by atoms with Gasteiger partial charge in [0.25, 0.3) is 0 Å². The Balaban J connectivity index is 3.12. The second-order valence-electron chi connectivity index (χ2n) is 2.72. The van der Waals surface area contributed by atoms with Gasteiger partial charge in [0.1, 0.15) is 0 Å². The fraction of sp³-hybridized carbons (Fsp3) is 0.273. The Morgan fingerprint density at radius 3 is 2.27 bits per heavy atom. The number of aryl methyl sites for hydroxylation is 2. The largest absolute Gasteiger partial charge is 0.0843 e. The second kappa shape index (κ2) is 3.25. The summed E-state index contributed by atoms with van der Waals surface area (Å²) in [7, 11) is 0. The minimum absolute atomic E-state index is 0.637. The van der Waals surface area contributed by atoms with Crippen LogP contribution >= 0.6 is 0 Å². The molecule has 0 aromatic heterocycles. The van der Waals surface area contributed by atoms with Crippen LogP contribution in [0, 0.1) is 26.2 Å². The van der Waals surface area contributed by atoms with Crippen LogP contribution in [0.2, 0.25) is 0 Å². The molecule has 0 heteroatoms. The number of hydrogen-bond donors (Lipinski definition) is 0. The van der Waals surface area contributed by atoms with E-state index >= 15 is 0 Å². The first-order chi connectivity index (χ1) is 5.25. The summed E-state index contributed by atoms with van der Waals surface area (Å²) in [5.74, 6) is 2.42. The van der Waals surface area contributed by atoms with Crippen LogP contribution in [0.5, 0.6) is 0 Å². The fourth-order valence-electron chi connectivity index (χ4n) is 1.22. The van der Waals surface area contributed by atoms with Gasteiger partial charge in [-0.25, -0.2) is 0 Å². The van der Waals surface area contributed by atoms with E-state index in [1.54, 1.807) is 0 Å². The summed E-state index contributed by atoms with van der Waals surface area (Å²) < 4.78 is 0. The molecule has 0 aliphatic heterocycles. The number of benzene rings is 1. The van der Waals surface area contributed by atoms with Gasteiger partial charge in [-0.2, -0.15) is 0 Å². The van der Waals surface area contributed by atoms with Crippen LogP contribution in [-0.2, 0) is 6.42 Å². The predicted octanol–water partition coefficient (Wildman–Crippen LogP) is 2.44. The number of hydrogen-bond acceptors (Lipinski definition) is 0. The van der Waals surface area contributed by atoms with E-state index in [4.69, 9.17) is 6.42 Å². The van der Waals surface area contributed by atoms with Crippen LogP contribution in [0.15, 0.2) is 18.2 Å². The van der Waals surface area contributed by atoms with Crippen LogP contribution in [0.1, 0.15) is 16.7 Å². The smallest absolute Gasteiger partial charge is 0.0355 e. The molecule has 0 fully saturated rings. The van der Waals surface area contributed by atoms with Gasteiger partial charge >= 0.3 is 0 Å². The van der Waals surface area contributed by atoms with Gasteiger partial charge < -0.3 is 0 Å². The van der Waals surface area contributed by atoms with Crippen molar-refractivity contribution in [2.45, 2.75) is 20.3 Å². The molecule has 0 bridgehead atoms. The van der Waals surface area contributed by atoms with Gasteiger partial charge in [0, 0.05) is 6.42 Å². The van der Waals surface area contributed by atoms with Gasteiger partial charge in [-0.15, -0.1) is 0 Å². The molecule has 11 heavy (non-hydrogen) atoms. The zero-order valence-corrected chi connectivity index (χ0v) is 6.94. The molecule has 1 aromatic rings. The van der Waals surface area contributed by atoms with Crippen LogP contribution in [0.25, 0.3) is 0 Å². The zero-order chi connectivity index (χ0) is 8.27. The van der Waals surface area contributed by atoms with E-state index in [1.165, 1.54) is 16.7 Å². The minimum atomic E-state index is 0.637. The lowest BCUT2D eigenvalue weighted by Gasteiger charge is -2.04. The van der Waals surface area contributed by atoms with Crippen molar-refractivity contribution in [2.24, 2.45) is 0 Å². The van der Waals surface area contributed by atoms with Crippen LogP contribution in [-0.4, -0.2) is 0 Å². The molecule has 0 atom stereocenters. The molecule has 0 amide bonds. The third kappa shape index (κ3) is 1.62. The van der Waals surface area contributed by atoms with Gasteiger partial charge in [-0.3, -0.25) is 0 Å². The average Bonchev–Trinajstić information content (AvgIpc) is 1.97. The summed E-state index contributed by atoms with van der Waals surface area (Å²) in [6.07, 6.45) is 7.52. The quantitative estimate of drug-likeness (QED) is 0.530. The van der Waals surface area contributed by atoms with Crippen molar-refractivity contribution in [1.29, 1.82) is 0 Å². The number of rotatable bonds is 1. The summed E-state index contributed by atoms with van der Waals surface area (Å²) in [4.78, 5) is 0. The van der Waals surface area contributed by atoms with E-state index in [-0.39, 0.29) is 0 Å². The molecule has 0 nitrogen and oxygen atoms in total. The van der Waals surface area contributed by atoms with Gasteiger partial charge in [0.2, 0.25) is 0 Å². The summed E-state index contributed by atoms with van der Waals surface area (Å²) in [6, 6.07) is 6.18. The highest BCUT2D eigenvalue weighted by atomic mass is 14.0. The normalized spacial score (nSPS) is 9.18. The minimum Gasteiger partial charge on any atom is -0.0843 e. The third-order valence-electron chi connectivity index (χ3n) is 1.91. The molecule has 1 aromatic carbocycles. The Morgan fingerprint density at radius 1 is 1.27 bits per heavy atom. The lowest BCUT2D eigenvalue weighted by Crippen LogP contribution is -1.90. The van der Waals surface area contributed by atoms with Crippen LogP contribution in [0.3, 0.4) is 0 Å². The van der Waals surface area contributed by atoms with E-state index in [2.05, 4.69) is 31.9 Å². The average molecular weight is 143 g/mol. The summed E-state index contributed by atoms with van der Waals surface area (Å²) in [5, 5.41) is 0. The Morgan fingerprint density at radius 2 is 1.82 bits per heavy atom. The summed E-state index contributed by atoms with van der Waals surface area (Å²) in [5.41, 5.74) is 3.75. The predicted molar refractivity (Wildman–Crippen MR) is 46.8 cm³/mol. The molecule has 0 unspecified atom stereocenters. The Labute approximate surface area is 68.3 Å². The highest BCUT2D eigenvalue weighted by Crippen LogP contribution is 2.12. The van der Waals surface area contributed by atoms with E-state index in [9.17, 15) is 0 Å². The lowest BCUT2D eigenvalue weighted by molar-refractivity contribution is 1.19. The van der Waals surface area contributed by atoms with Gasteiger partial charge in [0.15, 0.2) is 0 Å². The van der Waals surface area contributed by atoms with Crippen molar-refractivity contribution in [1.82, 2.24) is 0 Å². The van der Waals surface area contributed by atoms with Crippen molar-refractivity contribution < 1.29 is 0 Å². The first-order valence-corrected chi connectivity index (χ1v) is 3.70. The van der Waals surface area contributed by atoms with E-state index in [0.717, 1.165) is 0 Å². The highest BCUT2D eigenvalue weighted by Gasteiger charge is 1.98. The maximum atomic E-state index is 6.88. The van der Waals surface area contributed by atoms with E-state index < -0.39 is 0 Å². The van der Waals surface area contributed by atoms with Crippen molar-refractivity contribution in [3.8, 4) is 5.92 Å². The molecule has 0 spiro atoms. The topological polar surface area (TPSA) is 0 Å². The Kier molecular flexibility index (Phi) is 2.33. The molecular weight excluding hydrogens is 132 g/mol. The highest BCUT2D eigenvalue weighted by molar-refractivity contribution is 5.35. The Bertz CT molecular complexity index is 269. The first kappa shape index (κ1) is 7.88. The lowest BCUT2D eigenvalue weighted by atomic mass is 10.0. The molecule has 1 rings (SSSR count). The monoisotopic (exact) mass is 143 g/mol. The van der Waals surface area contributed by atoms with Gasteiger partial charge in [0.05, 0.1) is 0 Å². The van der Waals surface area contributed by atoms with Crippen LogP contribution in [0.4, 0.5) is 0 Å². The molecular formula is C11H11. The van der Waals surface area contributed by atoms with E-state index in [1.807, 2.05) is 6.07 Å². The van der Waals surface area contributed by atoms with Gasteiger partial charge in [-0.05, 0) is 37.0 Å². The molecule has 0 N–H and O–H groups in total. The zero-order valence-electron chi connectivity index (χ0n) is 6.94. The first-order valence-electron chi connectivity index (χ1n) is 3.70. The van der Waals surface area contributed by atoms with E-state index in [0.29, 0.717) is 6.42 Å². The second-order valence-corrected chi connectivity index (χ2v) is 2.72. The molecule has 0 aliphatic rings. The van der Waals surface area contributed by atoms with Gasteiger partial charge in [-0.1, -0.05) is 24.1 Å². The SMILES string of the molecule is [C]#CCc1c(C)cccc1C. The molecule has 0 saturated heterocycles. The molecule has 55 valence electrons. The summed E-state index contributed by atoms with van der Waals surface area (Å²) in [6.45, 7) is 4.14. The standard InChI is InChI=1S/C11H11/c1-4-6-11-9(2)7-5-8-10(11)3/h5,7-8H,6H2,2-3H3. The Hall–Kier alpha value is -1.22. The molecule has 0 heterocycles. The van der Waals surface area contributed by atoms with Crippen molar-refractivity contribution in [2.75, 3.05) is 0 Å². The van der Waals surface area contributed by atoms with Crippen molar-refractivity contribution in [3.05, 3.63) is 41.3 Å². The molecule has 0 aliphatic carbocycles. The maximum Gasteiger partial charge on any atom is 0.0355 e. The summed E-state index contributed by atoms with van der Waals surface area (Å²) >= 11 is 0. The fourth-order valence-corrected chi connectivity index (χ4v) is 1.22. The van der Waals surface area contributed by atoms with Crippen molar-refractivity contribution >= 4 is 0 Å². The molecule has 1 radical (unpaired) electrons. The third-order valence-corrected chi connectivity index (χ3v) is 1.91. The maximum absolute atomic E-state index is 6.88.